The van der Waals surface area contributed by atoms with Crippen molar-refractivity contribution in [1.29, 1.82) is 0 Å². The van der Waals surface area contributed by atoms with Gasteiger partial charge in [-0.1, -0.05) is 29.8 Å². The summed E-state index contributed by atoms with van der Waals surface area (Å²) < 4.78 is 0. The van der Waals surface area contributed by atoms with E-state index in [0.717, 1.165) is 44.0 Å². The molecule has 0 radical (unpaired) electrons. The second-order valence-electron chi connectivity index (χ2n) is 6.88. The van der Waals surface area contributed by atoms with Crippen molar-refractivity contribution in [3.8, 4) is 0 Å². The van der Waals surface area contributed by atoms with E-state index >= 15 is 0 Å². The topological polar surface area (TPSA) is 35.6 Å². The predicted molar refractivity (Wildman–Crippen MR) is 109 cm³/mol. The van der Waals surface area contributed by atoms with Gasteiger partial charge in [0.1, 0.15) is 0 Å². The highest BCUT2D eigenvalue weighted by Crippen LogP contribution is 2.23. The van der Waals surface area contributed by atoms with Crippen molar-refractivity contribution in [3.63, 3.8) is 0 Å². The summed E-state index contributed by atoms with van der Waals surface area (Å²) in [5, 5.41) is 3.65. The van der Waals surface area contributed by atoms with Crippen LogP contribution in [-0.2, 0) is 4.79 Å². The summed E-state index contributed by atoms with van der Waals surface area (Å²) >= 11 is 6.11. The van der Waals surface area contributed by atoms with E-state index in [1.165, 1.54) is 11.3 Å². The monoisotopic (exact) mass is 371 g/mol. The number of piperazine rings is 1. The van der Waals surface area contributed by atoms with Crippen LogP contribution in [-0.4, -0.2) is 43.5 Å². The molecule has 0 unspecified atom stereocenters. The molecule has 5 heteroatoms. The van der Waals surface area contributed by atoms with Crippen LogP contribution in [0, 0.1) is 13.8 Å². The summed E-state index contributed by atoms with van der Waals surface area (Å²) in [5.74, 6) is 0.0384. The van der Waals surface area contributed by atoms with Crippen LogP contribution in [0.4, 0.5) is 11.4 Å². The lowest BCUT2D eigenvalue weighted by Crippen LogP contribution is -2.47. The molecule has 3 rings (SSSR count). The summed E-state index contributed by atoms with van der Waals surface area (Å²) in [4.78, 5) is 17.0. The number of hydrogen-bond donors (Lipinski definition) is 1. The van der Waals surface area contributed by atoms with Crippen LogP contribution in [0.1, 0.15) is 17.5 Å². The molecular weight excluding hydrogens is 346 g/mol. The molecule has 1 amide bonds. The Labute approximate surface area is 160 Å². The molecule has 26 heavy (non-hydrogen) atoms. The van der Waals surface area contributed by atoms with Gasteiger partial charge in [-0.25, -0.2) is 0 Å². The number of amides is 1. The molecule has 1 aliphatic heterocycles. The Hall–Kier alpha value is -2.04. The molecule has 2 aromatic rings. The van der Waals surface area contributed by atoms with Crippen LogP contribution in [0.15, 0.2) is 42.5 Å². The zero-order valence-electron chi connectivity index (χ0n) is 15.5. The molecular formula is C21H26ClN3O. The zero-order valence-corrected chi connectivity index (χ0v) is 16.2. The number of halogens is 1. The first-order valence-corrected chi connectivity index (χ1v) is 9.49. The summed E-state index contributed by atoms with van der Waals surface area (Å²) in [6.45, 7) is 8.79. The number of nitrogens with zero attached hydrogens (tertiary/aromatic N) is 2. The molecule has 1 fully saturated rings. The second-order valence-corrected chi connectivity index (χ2v) is 7.29. The Bertz CT molecular complexity index is 770. The minimum Gasteiger partial charge on any atom is -0.369 e. The standard InChI is InChI=1S/C21H26ClN3O/c1-16-5-3-6-18(15-16)25-13-11-24(12-14-25)10-9-21(26)23-20-8-4-7-19(22)17(20)2/h3-8,15H,9-14H2,1-2H3,(H,23,26). The van der Waals surface area contributed by atoms with Crippen LogP contribution in [0.2, 0.25) is 5.02 Å². The number of nitrogens with one attached hydrogen (secondary N) is 1. The molecule has 4 nitrogen and oxygen atoms in total. The van der Waals surface area contributed by atoms with Gasteiger partial charge in [-0.05, 0) is 49.2 Å². The molecule has 1 aliphatic rings. The van der Waals surface area contributed by atoms with E-state index in [9.17, 15) is 4.79 Å². The number of carbonyl (C=O) groups is 1. The molecule has 1 saturated heterocycles. The van der Waals surface area contributed by atoms with Crippen LogP contribution in [0.3, 0.4) is 0 Å². The van der Waals surface area contributed by atoms with Gasteiger partial charge in [0.15, 0.2) is 0 Å². The first-order valence-electron chi connectivity index (χ1n) is 9.12. The number of aryl methyl sites for hydroxylation is 1. The molecule has 1 heterocycles. The third-order valence-electron chi connectivity index (χ3n) is 4.94. The van der Waals surface area contributed by atoms with Crippen LogP contribution >= 0.6 is 11.6 Å². The first-order chi connectivity index (χ1) is 12.5. The maximum Gasteiger partial charge on any atom is 0.225 e. The van der Waals surface area contributed by atoms with Gasteiger partial charge in [-0.15, -0.1) is 0 Å². The molecule has 0 saturated carbocycles. The van der Waals surface area contributed by atoms with Crippen molar-refractivity contribution in [1.82, 2.24) is 4.90 Å². The average molecular weight is 372 g/mol. The molecule has 0 atom stereocenters. The quantitative estimate of drug-likeness (QED) is 0.859. The highest BCUT2D eigenvalue weighted by atomic mass is 35.5. The van der Waals surface area contributed by atoms with Crippen molar-refractivity contribution >= 4 is 28.9 Å². The van der Waals surface area contributed by atoms with Gasteiger partial charge in [-0.3, -0.25) is 9.69 Å². The Balaban J connectivity index is 1.45. The van der Waals surface area contributed by atoms with Gasteiger partial charge >= 0.3 is 0 Å². The lowest BCUT2D eigenvalue weighted by atomic mass is 10.2. The average Bonchev–Trinajstić information content (AvgIpc) is 2.64. The smallest absolute Gasteiger partial charge is 0.225 e. The summed E-state index contributed by atoms with van der Waals surface area (Å²) in [7, 11) is 0. The van der Waals surface area contributed by atoms with E-state index in [1.54, 1.807) is 0 Å². The van der Waals surface area contributed by atoms with Crippen LogP contribution in [0.5, 0.6) is 0 Å². The van der Waals surface area contributed by atoms with Gasteiger partial charge in [0.05, 0.1) is 0 Å². The fourth-order valence-electron chi connectivity index (χ4n) is 3.27. The van der Waals surface area contributed by atoms with Gasteiger partial charge in [0, 0.05) is 55.5 Å². The largest absolute Gasteiger partial charge is 0.369 e. The number of anilines is 2. The predicted octanol–water partition coefficient (Wildman–Crippen LogP) is 4.11. The normalized spacial score (nSPS) is 15.1. The highest BCUT2D eigenvalue weighted by molar-refractivity contribution is 6.31. The van der Waals surface area contributed by atoms with Gasteiger partial charge in [-0.2, -0.15) is 0 Å². The SMILES string of the molecule is Cc1cccc(N2CCN(CCC(=O)Nc3cccc(Cl)c3C)CC2)c1. The molecule has 2 aromatic carbocycles. The first kappa shape index (κ1) is 18.7. The van der Waals surface area contributed by atoms with Crippen molar-refractivity contribution in [2.24, 2.45) is 0 Å². The third kappa shape index (κ3) is 4.77. The maximum absolute atomic E-state index is 12.3. The Morgan fingerprint density at radius 1 is 1.08 bits per heavy atom. The summed E-state index contributed by atoms with van der Waals surface area (Å²) in [6, 6.07) is 14.2. The van der Waals surface area contributed by atoms with Crippen LogP contribution < -0.4 is 10.2 Å². The third-order valence-corrected chi connectivity index (χ3v) is 5.35. The highest BCUT2D eigenvalue weighted by Gasteiger charge is 2.18. The van der Waals surface area contributed by atoms with E-state index in [4.69, 9.17) is 11.6 Å². The fourth-order valence-corrected chi connectivity index (χ4v) is 3.44. The molecule has 138 valence electrons. The van der Waals surface area contributed by atoms with Crippen molar-refractivity contribution in [2.45, 2.75) is 20.3 Å². The fraction of sp³-hybridized carbons (Fsp3) is 0.381. The summed E-state index contributed by atoms with van der Waals surface area (Å²) in [6.07, 6.45) is 0.496. The minimum absolute atomic E-state index is 0.0384. The molecule has 0 bridgehead atoms. The zero-order chi connectivity index (χ0) is 18.5. The Morgan fingerprint density at radius 2 is 1.81 bits per heavy atom. The van der Waals surface area contributed by atoms with Gasteiger partial charge in [0.2, 0.25) is 5.91 Å². The summed E-state index contributed by atoms with van der Waals surface area (Å²) in [5.41, 5.74) is 4.29. The van der Waals surface area contributed by atoms with E-state index in [2.05, 4.69) is 46.3 Å². The minimum atomic E-state index is 0.0384. The Kier molecular flexibility index (Phi) is 6.17. The number of rotatable bonds is 5. The number of benzene rings is 2. The van der Waals surface area contributed by atoms with E-state index < -0.39 is 0 Å². The van der Waals surface area contributed by atoms with Crippen molar-refractivity contribution in [2.75, 3.05) is 42.9 Å². The van der Waals surface area contributed by atoms with Crippen molar-refractivity contribution < 1.29 is 4.79 Å². The van der Waals surface area contributed by atoms with E-state index in [0.29, 0.717) is 11.4 Å². The lowest BCUT2D eigenvalue weighted by Gasteiger charge is -2.36. The van der Waals surface area contributed by atoms with Gasteiger partial charge in [0.25, 0.3) is 0 Å². The molecule has 0 spiro atoms. The van der Waals surface area contributed by atoms with E-state index in [1.807, 2.05) is 25.1 Å². The lowest BCUT2D eigenvalue weighted by molar-refractivity contribution is -0.116. The van der Waals surface area contributed by atoms with Crippen LogP contribution in [0.25, 0.3) is 0 Å². The maximum atomic E-state index is 12.3. The van der Waals surface area contributed by atoms with E-state index in [-0.39, 0.29) is 5.91 Å². The Morgan fingerprint density at radius 3 is 2.54 bits per heavy atom. The van der Waals surface area contributed by atoms with Gasteiger partial charge < -0.3 is 10.2 Å². The molecule has 0 aliphatic carbocycles. The van der Waals surface area contributed by atoms with Crippen molar-refractivity contribution in [3.05, 3.63) is 58.6 Å². The number of hydrogen-bond acceptors (Lipinski definition) is 3. The number of carbonyl (C=O) groups excluding carboxylic acids is 1. The second kappa shape index (κ2) is 8.56. The molecule has 1 N–H and O–H groups in total. The molecule has 0 aromatic heterocycles.